The van der Waals surface area contributed by atoms with Gasteiger partial charge in [0.2, 0.25) is 0 Å². The van der Waals surface area contributed by atoms with Gasteiger partial charge >= 0.3 is 0 Å². The van der Waals surface area contributed by atoms with Gasteiger partial charge in [0.15, 0.2) is 0 Å². The molecule has 1 atom stereocenters. The fourth-order valence-electron chi connectivity index (χ4n) is 2.20. The maximum Gasteiger partial charge on any atom is 0.269 e. The van der Waals surface area contributed by atoms with E-state index in [2.05, 4.69) is 0 Å². The van der Waals surface area contributed by atoms with Gasteiger partial charge in [-0.15, -0.1) is 11.6 Å². The van der Waals surface area contributed by atoms with Crippen molar-refractivity contribution in [3.8, 4) is 0 Å². The predicted molar refractivity (Wildman–Crippen MR) is 75.9 cm³/mol. The van der Waals surface area contributed by atoms with Crippen LogP contribution in [0.1, 0.15) is 16.5 Å². The second kappa shape index (κ2) is 5.07. The zero-order valence-electron chi connectivity index (χ0n) is 10.2. The summed E-state index contributed by atoms with van der Waals surface area (Å²) in [6.45, 7) is 0. The maximum absolute atomic E-state index is 13.3. The van der Waals surface area contributed by atoms with Gasteiger partial charge in [-0.05, 0) is 35.7 Å². The van der Waals surface area contributed by atoms with Gasteiger partial charge in [-0.1, -0.05) is 17.8 Å². The van der Waals surface area contributed by atoms with E-state index >= 15 is 0 Å². The highest BCUT2D eigenvalue weighted by atomic mass is 35.5. The van der Waals surface area contributed by atoms with Gasteiger partial charge in [0.1, 0.15) is 5.82 Å². The molecule has 0 aliphatic carbocycles. The Morgan fingerprint density at radius 1 is 1.25 bits per heavy atom. The third kappa shape index (κ3) is 2.39. The molecule has 0 amide bonds. The summed E-state index contributed by atoms with van der Waals surface area (Å²) in [6, 6.07) is 9.21. The molecule has 0 fully saturated rings. The van der Waals surface area contributed by atoms with Crippen molar-refractivity contribution in [1.29, 1.82) is 0 Å². The van der Waals surface area contributed by atoms with E-state index in [0.717, 1.165) is 20.9 Å². The van der Waals surface area contributed by atoms with E-state index in [1.807, 2.05) is 0 Å². The number of hydrogen-bond acceptors (Lipinski definition) is 3. The second-order valence-corrected chi connectivity index (χ2v) is 6.12. The highest BCUT2D eigenvalue weighted by Gasteiger charge is 2.23. The first-order valence-electron chi connectivity index (χ1n) is 5.93. The average molecular weight is 310 g/mol. The van der Waals surface area contributed by atoms with Gasteiger partial charge in [-0.25, -0.2) is 4.39 Å². The van der Waals surface area contributed by atoms with E-state index in [1.165, 1.54) is 36.0 Å². The van der Waals surface area contributed by atoms with Crippen LogP contribution in [-0.4, -0.2) is 4.92 Å². The Kier molecular flexibility index (Phi) is 3.40. The van der Waals surface area contributed by atoms with Gasteiger partial charge in [0.05, 0.1) is 10.3 Å². The van der Waals surface area contributed by atoms with Crippen molar-refractivity contribution in [2.24, 2.45) is 0 Å². The minimum absolute atomic E-state index is 0.0205. The summed E-state index contributed by atoms with van der Waals surface area (Å²) in [5.41, 5.74) is 1.70. The lowest BCUT2D eigenvalue weighted by atomic mass is 10.0. The Bertz CT molecular complexity index is 708. The maximum atomic E-state index is 13.3. The minimum atomic E-state index is -0.438. The molecule has 20 heavy (non-hydrogen) atoms. The van der Waals surface area contributed by atoms with Crippen LogP contribution in [0.25, 0.3) is 0 Å². The Balaban J connectivity index is 2.11. The zero-order valence-corrected chi connectivity index (χ0v) is 11.7. The molecule has 6 heteroatoms. The highest BCUT2D eigenvalue weighted by molar-refractivity contribution is 7.99. The molecular formula is C14H9ClFNO2S. The molecule has 3 rings (SSSR count). The molecule has 1 aliphatic rings. The van der Waals surface area contributed by atoms with E-state index in [4.69, 9.17) is 11.6 Å². The minimum Gasteiger partial charge on any atom is -0.258 e. The summed E-state index contributed by atoms with van der Waals surface area (Å²) < 4.78 is 13.3. The molecule has 102 valence electrons. The molecule has 1 unspecified atom stereocenters. The molecule has 2 aromatic rings. The van der Waals surface area contributed by atoms with Crippen molar-refractivity contribution >= 4 is 29.1 Å². The van der Waals surface area contributed by atoms with Crippen LogP contribution in [0.15, 0.2) is 46.2 Å². The smallest absolute Gasteiger partial charge is 0.258 e. The fraction of sp³-hybridized carbons (Fsp3) is 0.143. The number of benzene rings is 2. The van der Waals surface area contributed by atoms with Crippen molar-refractivity contribution in [3.63, 3.8) is 0 Å². The average Bonchev–Trinajstić information content (AvgIpc) is 2.54. The molecule has 0 saturated heterocycles. The van der Waals surface area contributed by atoms with Crippen molar-refractivity contribution in [3.05, 3.63) is 63.5 Å². The number of alkyl halides is 1. The largest absolute Gasteiger partial charge is 0.269 e. The molecule has 0 spiro atoms. The van der Waals surface area contributed by atoms with E-state index in [1.54, 1.807) is 12.1 Å². The Morgan fingerprint density at radius 3 is 2.80 bits per heavy atom. The highest BCUT2D eigenvalue weighted by Crippen LogP contribution is 2.44. The Hall–Kier alpha value is -1.59. The number of non-ortho nitro benzene ring substituents is 1. The molecule has 0 aromatic heterocycles. The summed E-state index contributed by atoms with van der Waals surface area (Å²) in [5, 5.41) is 10.5. The second-order valence-electron chi connectivity index (χ2n) is 4.51. The molecule has 1 aliphatic heterocycles. The van der Waals surface area contributed by atoms with Crippen LogP contribution in [0.5, 0.6) is 0 Å². The third-order valence-electron chi connectivity index (χ3n) is 3.19. The monoisotopic (exact) mass is 309 g/mol. The quantitative estimate of drug-likeness (QED) is 0.435. The van der Waals surface area contributed by atoms with E-state index in [9.17, 15) is 14.5 Å². The third-order valence-corrected chi connectivity index (χ3v) is 4.77. The van der Waals surface area contributed by atoms with Gasteiger partial charge in [-0.2, -0.15) is 0 Å². The van der Waals surface area contributed by atoms with Crippen molar-refractivity contribution in [2.45, 2.75) is 21.6 Å². The summed E-state index contributed by atoms with van der Waals surface area (Å²) in [5.74, 6) is -0.298. The van der Waals surface area contributed by atoms with Crippen molar-refractivity contribution < 1.29 is 9.31 Å². The van der Waals surface area contributed by atoms with Gasteiger partial charge in [0.25, 0.3) is 5.69 Å². The number of nitro benzene ring substituents is 1. The summed E-state index contributed by atoms with van der Waals surface area (Å²) in [7, 11) is 0. The van der Waals surface area contributed by atoms with Gasteiger partial charge < -0.3 is 0 Å². The first kappa shape index (κ1) is 13.4. The normalized spacial score (nSPS) is 17.0. The molecule has 0 radical (unpaired) electrons. The van der Waals surface area contributed by atoms with Crippen LogP contribution in [0.3, 0.4) is 0 Å². The lowest BCUT2D eigenvalue weighted by molar-refractivity contribution is -0.385. The van der Waals surface area contributed by atoms with Gasteiger partial charge in [-0.3, -0.25) is 10.1 Å². The molecule has 2 aromatic carbocycles. The predicted octanol–water partition coefficient (Wildman–Crippen LogP) is 4.72. The van der Waals surface area contributed by atoms with Crippen LogP contribution in [0, 0.1) is 15.9 Å². The van der Waals surface area contributed by atoms with Crippen molar-refractivity contribution in [1.82, 2.24) is 0 Å². The first-order chi connectivity index (χ1) is 9.54. The molecule has 1 heterocycles. The number of nitro groups is 1. The molecular weight excluding hydrogens is 301 g/mol. The summed E-state index contributed by atoms with van der Waals surface area (Å²) >= 11 is 7.76. The number of hydrogen-bond donors (Lipinski definition) is 0. The number of nitrogens with zero attached hydrogens (tertiary/aromatic N) is 1. The number of rotatable bonds is 1. The molecule has 0 bridgehead atoms. The number of halogens is 2. The Morgan fingerprint density at radius 2 is 2.05 bits per heavy atom. The molecule has 0 saturated carbocycles. The lowest BCUT2D eigenvalue weighted by Gasteiger charge is -2.09. The standard InChI is InChI=1S/C14H9ClFNO2S/c15-12-5-8-1-2-9(16)6-14(8)20-13-4-3-10(17(18)19)7-11(12)13/h1-4,6-7,12H,5H2. The topological polar surface area (TPSA) is 43.1 Å². The summed E-state index contributed by atoms with van der Waals surface area (Å²) in [4.78, 5) is 12.1. The SMILES string of the molecule is O=[N+]([O-])c1ccc2c(c1)C(Cl)Cc1ccc(F)cc1S2. The van der Waals surface area contributed by atoms with Crippen LogP contribution in [-0.2, 0) is 6.42 Å². The van der Waals surface area contributed by atoms with Crippen LogP contribution < -0.4 is 0 Å². The fourth-order valence-corrected chi connectivity index (χ4v) is 3.76. The molecule has 0 N–H and O–H groups in total. The number of fused-ring (bicyclic) bond motifs is 2. The van der Waals surface area contributed by atoms with Gasteiger partial charge in [0, 0.05) is 21.9 Å². The van der Waals surface area contributed by atoms with E-state index < -0.39 is 4.92 Å². The van der Waals surface area contributed by atoms with E-state index in [0.29, 0.717) is 6.42 Å². The first-order valence-corrected chi connectivity index (χ1v) is 7.18. The molecule has 3 nitrogen and oxygen atoms in total. The summed E-state index contributed by atoms with van der Waals surface area (Å²) in [6.07, 6.45) is 0.526. The zero-order chi connectivity index (χ0) is 14.3. The van der Waals surface area contributed by atoms with E-state index in [-0.39, 0.29) is 16.9 Å². The van der Waals surface area contributed by atoms with Crippen LogP contribution in [0.4, 0.5) is 10.1 Å². The van der Waals surface area contributed by atoms with Crippen LogP contribution in [0.2, 0.25) is 0 Å². The lowest BCUT2D eigenvalue weighted by Crippen LogP contribution is -1.97. The Labute approximate surface area is 123 Å². The van der Waals surface area contributed by atoms with Crippen LogP contribution >= 0.6 is 23.4 Å². The van der Waals surface area contributed by atoms with Crippen molar-refractivity contribution in [2.75, 3.05) is 0 Å².